The van der Waals surface area contributed by atoms with Gasteiger partial charge in [-0.2, -0.15) is 0 Å². The molecule has 8 nitrogen and oxygen atoms in total. The van der Waals surface area contributed by atoms with Crippen molar-refractivity contribution in [3.8, 4) is 5.75 Å². The molecule has 3 aromatic rings. The number of nitrogens with one attached hydrogen (secondary N) is 1. The van der Waals surface area contributed by atoms with E-state index in [4.69, 9.17) is 4.74 Å². The zero-order valence-electron chi connectivity index (χ0n) is 25.4. The Morgan fingerprint density at radius 1 is 0.953 bits per heavy atom. The predicted molar refractivity (Wildman–Crippen MR) is 170 cm³/mol. The normalized spacial score (nSPS) is 14.2. The summed E-state index contributed by atoms with van der Waals surface area (Å²) < 4.78 is 31.9. The average Bonchev–Trinajstić information content (AvgIpc) is 3.50. The number of nitrogens with zero attached hydrogens (tertiary/aromatic N) is 2. The fourth-order valence-corrected chi connectivity index (χ4v) is 6.65. The molecule has 0 heterocycles. The van der Waals surface area contributed by atoms with Crippen molar-refractivity contribution >= 4 is 27.5 Å². The van der Waals surface area contributed by atoms with Crippen LogP contribution in [0.2, 0.25) is 0 Å². The molecule has 1 saturated carbocycles. The molecule has 0 bridgehead atoms. The Kier molecular flexibility index (Phi) is 11.2. The van der Waals surface area contributed by atoms with Gasteiger partial charge in [-0.3, -0.25) is 13.9 Å². The van der Waals surface area contributed by atoms with Crippen LogP contribution in [0.1, 0.15) is 55.2 Å². The fourth-order valence-electron chi connectivity index (χ4n) is 5.68. The highest BCUT2D eigenvalue weighted by atomic mass is 32.2. The van der Waals surface area contributed by atoms with Crippen molar-refractivity contribution in [1.82, 2.24) is 10.2 Å². The number of benzene rings is 3. The Morgan fingerprint density at radius 3 is 2.26 bits per heavy atom. The number of carbonyl (C=O) groups is 2. The molecule has 230 valence electrons. The number of hydrogen-bond donors (Lipinski definition) is 1. The van der Waals surface area contributed by atoms with E-state index in [-0.39, 0.29) is 37.4 Å². The summed E-state index contributed by atoms with van der Waals surface area (Å²) in [7, 11) is -2.04. The van der Waals surface area contributed by atoms with Crippen molar-refractivity contribution in [2.24, 2.45) is 0 Å². The molecule has 1 N–H and O–H groups in total. The van der Waals surface area contributed by atoms with Crippen LogP contribution in [0.15, 0.2) is 78.9 Å². The molecule has 0 saturated heterocycles. The van der Waals surface area contributed by atoms with Gasteiger partial charge in [-0.05, 0) is 61.6 Å². The summed E-state index contributed by atoms with van der Waals surface area (Å²) in [4.78, 5) is 29.6. The Balaban J connectivity index is 1.57. The molecule has 1 unspecified atom stereocenters. The summed E-state index contributed by atoms with van der Waals surface area (Å²) in [5.41, 5.74) is 3.49. The van der Waals surface area contributed by atoms with Crippen molar-refractivity contribution in [1.29, 1.82) is 0 Å². The molecule has 0 spiro atoms. The first kappa shape index (κ1) is 32.1. The minimum Gasteiger partial charge on any atom is -0.497 e. The van der Waals surface area contributed by atoms with E-state index < -0.39 is 16.1 Å². The zero-order valence-corrected chi connectivity index (χ0v) is 26.2. The number of amides is 2. The molecule has 1 aliphatic rings. The first-order valence-corrected chi connectivity index (χ1v) is 16.8. The van der Waals surface area contributed by atoms with Crippen molar-refractivity contribution in [2.75, 3.05) is 24.2 Å². The highest BCUT2D eigenvalue weighted by molar-refractivity contribution is 7.92. The van der Waals surface area contributed by atoms with Crippen molar-refractivity contribution in [3.63, 3.8) is 0 Å². The van der Waals surface area contributed by atoms with E-state index >= 15 is 0 Å². The molecule has 0 radical (unpaired) electrons. The molecular formula is C34H43N3O5S. The van der Waals surface area contributed by atoms with Crippen molar-refractivity contribution < 1.29 is 22.7 Å². The SMILES string of the molecule is COc1ccc(N(CCCC(=O)N(Cc2cccc(C)c2)C(Cc2ccccc2)C(=O)NC2CCCC2)S(C)(=O)=O)cc1. The zero-order chi connectivity index (χ0) is 30.8. The largest absolute Gasteiger partial charge is 0.497 e. The van der Waals surface area contributed by atoms with Crippen LogP contribution in [0.4, 0.5) is 5.69 Å². The van der Waals surface area contributed by atoms with E-state index in [1.54, 1.807) is 36.3 Å². The molecule has 43 heavy (non-hydrogen) atoms. The lowest BCUT2D eigenvalue weighted by Crippen LogP contribution is -2.52. The van der Waals surface area contributed by atoms with Gasteiger partial charge in [-0.25, -0.2) is 8.42 Å². The average molecular weight is 606 g/mol. The van der Waals surface area contributed by atoms with E-state index in [0.717, 1.165) is 48.6 Å². The number of aryl methyl sites for hydroxylation is 1. The molecule has 3 aromatic carbocycles. The van der Waals surface area contributed by atoms with Gasteiger partial charge in [0, 0.05) is 32.0 Å². The number of sulfonamides is 1. The molecule has 0 aliphatic heterocycles. The lowest BCUT2D eigenvalue weighted by Gasteiger charge is -2.33. The minimum atomic E-state index is -3.59. The molecule has 9 heteroatoms. The van der Waals surface area contributed by atoms with Gasteiger partial charge in [-0.1, -0.05) is 73.0 Å². The van der Waals surface area contributed by atoms with Crippen molar-refractivity contribution in [2.45, 2.75) is 70.5 Å². The van der Waals surface area contributed by atoms with Gasteiger partial charge in [0.1, 0.15) is 11.8 Å². The quantitative estimate of drug-likeness (QED) is 0.271. The number of carbonyl (C=O) groups excluding carboxylic acids is 2. The summed E-state index contributed by atoms with van der Waals surface area (Å²) in [6, 6.07) is 23.9. The topological polar surface area (TPSA) is 96.0 Å². The number of ether oxygens (including phenoxy) is 1. The molecular weight excluding hydrogens is 562 g/mol. The van der Waals surface area contributed by atoms with Crippen LogP contribution in [-0.4, -0.2) is 57.1 Å². The summed E-state index contributed by atoms with van der Waals surface area (Å²) in [6.07, 6.45) is 6.01. The van der Waals surface area contributed by atoms with Gasteiger partial charge < -0.3 is 15.0 Å². The monoisotopic (exact) mass is 605 g/mol. The Hall–Kier alpha value is -3.85. The molecule has 1 fully saturated rings. The van der Waals surface area contributed by atoms with Crippen LogP contribution < -0.4 is 14.4 Å². The molecule has 1 aliphatic carbocycles. The third-order valence-corrected chi connectivity index (χ3v) is 9.11. The molecule has 4 rings (SSSR count). The minimum absolute atomic E-state index is 0.0932. The van der Waals surface area contributed by atoms with Crippen LogP contribution in [-0.2, 0) is 32.6 Å². The molecule has 2 amide bonds. The highest BCUT2D eigenvalue weighted by Crippen LogP contribution is 2.24. The number of hydrogen-bond acceptors (Lipinski definition) is 5. The maximum Gasteiger partial charge on any atom is 0.243 e. The second-order valence-corrected chi connectivity index (χ2v) is 13.2. The lowest BCUT2D eigenvalue weighted by atomic mass is 10.0. The van der Waals surface area contributed by atoms with Gasteiger partial charge >= 0.3 is 0 Å². The van der Waals surface area contributed by atoms with Crippen LogP contribution in [0, 0.1) is 6.92 Å². The summed E-state index contributed by atoms with van der Waals surface area (Å²) >= 11 is 0. The van der Waals surface area contributed by atoms with Crippen LogP contribution >= 0.6 is 0 Å². The Bertz CT molecular complexity index is 1450. The van der Waals surface area contributed by atoms with Crippen LogP contribution in [0.3, 0.4) is 0 Å². The van der Waals surface area contributed by atoms with Gasteiger partial charge in [0.2, 0.25) is 21.8 Å². The fraction of sp³-hybridized carbons (Fsp3) is 0.412. The number of anilines is 1. The number of methoxy groups -OCH3 is 1. The second-order valence-electron chi connectivity index (χ2n) is 11.3. The van der Waals surface area contributed by atoms with Gasteiger partial charge in [-0.15, -0.1) is 0 Å². The maximum atomic E-state index is 14.0. The van der Waals surface area contributed by atoms with Crippen molar-refractivity contribution in [3.05, 3.63) is 95.6 Å². The van der Waals surface area contributed by atoms with E-state index in [2.05, 4.69) is 5.32 Å². The van der Waals surface area contributed by atoms with E-state index in [0.29, 0.717) is 24.3 Å². The first-order chi connectivity index (χ1) is 20.6. The summed E-state index contributed by atoms with van der Waals surface area (Å²) in [5, 5.41) is 3.23. The van der Waals surface area contributed by atoms with Gasteiger partial charge in [0.25, 0.3) is 0 Å². The summed E-state index contributed by atoms with van der Waals surface area (Å²) in [5.74, 6) is 0.291. The first-order valence-electron chi connectivity index (χ1n) is 14.9. The van der Waals surface area contributed by atoms with Gasteiger partial charge in [0.05, 0.1) is 19.1 Å². The number of rotatable bonds is 14. The Labute approximate surface area is 256 Å². The second kappa shape index (κ2) is 15.0. The van der Waals surface area contributed by atoms with Crippen LogP contribution in [0.25, 0.3) is 0 Å². The summed E-state index contributed by atoms with van der Waals surface area (Å²) in [6.45, 7) is 2.42. The third kappa shape index (κ3) is 9.32. The smallest absolute Gasteiger partial charge is 0.243 e. The predicted octanol–water partition coefficient (Wildman–Crippen LogP) is 5.25. The maximum absolute atomic E-state index is 14.0. The third-order valence-electron chi connectivity index (χ3n) is 7.92. The Morgan fingerprint density at radius 2 is 1.63 bits per heavy atom. The standard InChI is InChI=1S/C34H43N3O5S/c1-26-11-9-14-28(23-26)25-36(32(24-27-12-5-4-6-13-27)34(39)35-29-15-7-8-16-29)33(38)17-10-22-37(43(3,40)41)30-18-20-31(42-2)21-19-30/h4-6,9,11-14,18-21,23,29,32H,7-8,10,15-17,22,24-25H2,1-3H3,(H,35,39). The van der Waals surface area contributed by atoms with Gasteiger partial charge in [0.15, 0.2) is 0 Å². The van der Waals surface area contributed by atoms with E-state index in [1.165, 1.54) is 4.31 Å². The van der Waals surface area contributed by atoms with Crippen LogP contribution in [0.5, 0.6) is 5.75 Å². The molecule has 0 aromatic heterocycles. The lowest BCUT2D eigenvalue weighted by molar-refractivity contribution is -0.141. The van der Waals surface area contributed by atoms with E-state index in [1.807, 2.05) is 61.5 Å². The molecule has 1 atom stereocenters. The van der Waals surface area contributed by atoms with E-state index in [9.17, 15) is 18.0 Å². The highest BCUT2D eigenvalue weighted by Gasteiger charge is 2.32.